The maximum Gasteiger partial charge on any atom is 0.416 e. The van der Waals surface area contributed by atoms with Crippen molar-refractivity contribution in [3.05, 3.63) is 124 Å². The zero-order valence-corrected chi connectivity index (χ0v) is 56.9. The number of carbonyl (C=O) groups excluding carboxylic acids is 8. The van der Waals surface area contributed by atoms with Gasteiger partial charge in [0, 0.05) is 97.1 Å². The molecule has 1 unspecified atom stereocenters. The number of benzene rings is 3. The van der Waals surface area contributed by atoms with Gasteiger partial charge in [0.15, 0.2) is 17.3 Å². The first-order chi connectivity index (χ1) is 44.5. The number of primary amides is 1. The molecule has 0 saturated heterocycles. The van der Waals surface area contributed by atoms with Gasteiger partial charge in [-0.25, -0.2) is 0 Å². The van der Waals surface area contributed by atoms with E-state index in [9.17, 15) is 56.6 Å². The Labute approximate surface area is 556 Å². The van der Waals surface area contributed by atoms with Crippen LogP contribution in [0, 0.1) is 29.6 Å². The molecule has 1 aliphatic heterocycles. The third-order valence-corrected chi connectivity index (χ3v) is 16.4. The molecule has 21 nitrogen and oxygen atoms in total. The third kappa shape index (κ3) is 27.3. The van der Waals surface area contributed by atoms with Crippen LogP contribution in [0.15, 0.2) is 102 Å². The molecule has 25 heteroatoms. The highest BCUT2D eigenvalue weighted by Crippen LogP contribution is 2.33. The number of phenols is 1. The number of rotatable bonds is 41. The topological polar surface area (TPSA) is 294 Å². The predicted octanol–water partition coefficient (Wildman–Crippen LogP) is 6.85. The number of alkyl halides is 3. The summed E-state index contributed by atoms with van der Waals surface area (Å²) in [6.07, 6.45) is 3.65. The van der Waals surface area contributed by atoms with Gasteiger partial charge in [0.05, 0.1) is 48.9 Å². The first-order valence-corrected chi connectivity index (χ1v) is 33.4. The smallest absolute Gasteiger partial charge is 0.416 e. The van der Waals surface area contributed by atoms with E-state index in [-0.39, 0.29) is 108 Å². The maximum atomic E-state index is 14.6. The molecule has 0 aromatic heterocycles. The number of nitrogens with two attached hydrogens (primary N) is 3. The highest BCUT2D eigenvalue weighted by Gasteiger charge is 2.32. The number of aromatic hydroxyl groups is 1. The van der Waals surface area contributed by atoms with Crippen LogP contribution >= 0.6 is 11.8 Å². The van der Waals surface area contributed by atoms with Gasteiger partial charge in [0.1, 0.15) is 5.75 Å². The van der Waals surface area contributed by atoms with E-state index < -0.39 is 83.8 Å². The lowest BCUT2D eigenvalue weighted by Crippen LogP contribution is -2.47. The van der Waals surface area contributed by atoms with Crippen molar-refractivity contribution in [3.63, 3.8) is 0 Å². The monoisotopic (exact) mass is 1330 g/mol. The number of carbonyl (C=O) groups is 8. The fourth-order valence-corrected chi connectivity index (χ4v) is 11.5. The SMILES string of the molecule is CC/C(=C\[C@H](C)C(=O)N(C/C(C)=C/[C@@H](C)C(=O)N(CC(=O)NCCCC(=O)N(CCN)CC(=O)N(CCN)CC(=O)CC(CSC)C(N)=O)Cc1ccc(C(F)(F)F)cc1)CC(C)C)CN(CCc1ccc(O)cc1)C(=O)[C@H](C)/C=C(\C)CNCc1ccc2c(c1)OCO2. The number of nitrogens with one attached hydrogen (secondary N) is 2. The van der Waals surface area contributed by atoms with E-state index in [1.165, 1.54) is 38.6 Å². The molecule has 0 fully saturated rings. The molecule has 518 valence electrons. The first-order valence-electron chi connectivity index (χ1n) is 32.0. The van der Waals surface area contributed by atoms with E-state index in [4.69, 9.17) is 26.7 Å². The summed E-state index contributed by atoms with van der Waals surface area (Å²) < 4.78 is 51.7. The van der Waals surface area contributed by atoms with Gasteiger partial charge in [-0.1, -0.05) is 107 Å². The average molecular weight is 1330 g/mol. The van der Waals surface area contributed by atoms with Crippen molar-refractivity contribution in [2.45, 2.75) is 107 Å². The highest BCUT2D eigenvalue weighted by atomic mass is 32.2. The van der Waals surface area contributed by atoms with E-state index in [0.29, 0.717) is 67.4 Å². The van der Waals surface area contributed by atoms with Crippen molar-refractivity contribution in [2.75, 3.05) is 104 Å². The number of hydrogen-bond acceptors (Lipinski definition) is 15. The zero-order valence-electron chi connectivity index (χ0n) is 56.1. The Balaban J connectivity index is 1.46. The van der Waals surface area contributed by atoms with Crippen molar-refractivity contribution in [2.24, 2.45) is 46.8 Å². The van der Waals surface area contributed by atoms with Gasteiger partial charge in [-0.3, -0.25) is 38.4 Å². The highest BCUT2D eigenvalue weighted by molar-refractivity contribution is 7.98. The molecule has 4 rings (SSSR count). The summed E-state index contributed by atoms with van der Waals surface area (Å²) in [6, 6.07) is 16.9. The van der Waals surface area contributed by atoms with Crippen LogP contribution in [0.25, 0.3) is 0 Å². The minimum absolute atomic E-state index is 0.00729. The van der Waals surface area contributed by atoms with Gasteiger partial charge in [-0.05, 0) is 98.4 Å². The van der Waals surface area contributed by atoms with Gasteiger partial charge in [0.25, 0.3) is 0 Å². The number of thioether (sulfide) groups is 1. The molecule has 7 amide bonds. The van der Waals surface area contributed by atoms with Gasteiger partial charge in [-0.15, -0.1) is 0 Å². The molecule has 3 aromatic carbocycles. The lowest BCUT2D eigenvalue weighted by Gasteiger charge is -2.29. The Morgan fingerprint density at radius 1 is 0.681 bits per heavy atom. The summed E-state index contributed by atoms with van der Waals surface area (Å²) in [5.41, 5.74) is 21.0. The first kappa shape index (κ1) is 78.7. The van der Waals surface area contributed by atoms with Crippen LogP contribution in [0.3, 0.4) is 0 Å². The second-order valence-corrected chi connectivity index (χ2v) is 25.4. The van der Waals surface area contributed by atoms with Crippen molar-refractivity contribution in [3.8, 4) is 17.2 Å². The lowest BCUT2D eigenvalue weighted by molar-refractivity contribution is -0.142. The summed E-state index contributed by atoms with van der Waals surface area (Å²) in [6.45, 7) is 16.1. The molecule has 1 aliphatic rings. The molecule has 0 bridgehead atoms. The second-order valence-electron chi connectivity index (χ2n) is 24.5. The number of hydrogen-bond donors (Lipinski definition) is 6. The molecule has 1 heterocycles. The Kier molecular flexibility index (Phi) is 33.4. The van der Waals surface area contributed by atoms with Gasteiger partial charge < -0.3 is 66.9 Å². The van der Waals surface area contributed by atoms with Crippen LogP contribution in [0.2, 0.25) is 0 Å². The third-order valence-electron chi connectivity index (χ3n) is 15.6. The number of phenolic OH excluding ortho intramolecular Hbond substituents is 1. The number of halogens is 3. The summed E-state index contributed by atoms with van der Waals surface area (Å²) in [7, 11) is 0. The summed E-state index contributed by atoms with van der Waals surface area (Å²) >= 11 is 1.36. The van der Waals surface area contributed by atoms with Crippen LogP contribution in [0.4, 0.5) is 13.2 Å². The fraction of sp³-hybridized carbons (Fsp3) is 0.536. The van der Waals surface area contributed by atoms with E-state index in [1.54, 1.807) is 43.2 Å². The number of nitrogens with zero attached hydrogens (tertiary/aromatic N) is 5. The predicted molar refractivity (Wildman–Crippen MR) is 359 cm³/mol. The Morgan fingerprint density at radius 3 is 1.87 bits per heavy atom. The van der Waals surface area contributed by atoms with Crippen molar-refractivity contribution in [1.82, 2.24) is 35.1 Å². The molecule has 3 aromatic rings. The molecule has 0 saturated carbocycles. The quantitative estimate of drug-likeness (QED) is 0.0250. The average Bonchev–Trinajstić information content (AvgIpc) is 1.52. The van der Waals surface area contributed by atoms with Crippen LogP contribution in [0.5, 0.6) is 17.2 Å². The van der Waals surface area contributed by atoms with E-state index in [1.807, 2.05) is 88.9 Å². The number of Topliss-reactive ketones (excluding diaryl/α,β-unsaturated/α-hetero) is 1. The van der Waals surface area contributed by atoms with Crippen LogP contribution < -0.4 is 37.3 Å². The van der Waals surface area contributed by atoms with Gasteiger partial charge in [0.2, 0.25) is 48.1 Å². The van der Waals surface area contributed by atoms with E-state index in [0.717, 1.165) is 34.4 Å². The van der Waals surface area contributed by atoms with Crippen molar-refractivity contribution >= 4 is 58.9 Å². The van der Waals surface area contributed by atoms with Crippen LogP contribution in [-0.4, -0.2) is 181 Å². The molecule has 0 radical (unpaired) electrons. The lowest BCUT2D eigenvalue weighted by atomic mass is 10.0. The summed E-state index contributed by atoms with van der Waals surface area (Å²) in [4.78, 5) is 116. The van der Waals surface area contributed by atoms with Gasteiger partial charge >= 0.3 is 6.18 Å². The minimum Gasteiger partial charge on any atom is -0.508 e. The standard InChI is InChI=1S/C69H99F3N10O11S/c1-10-52(39-80(27-23-53-15-20-58(83)21-16-53)66(89)49(6)30-47(4)35-76-36-55-17-22-60-61(33-55)93-45-92-60)32-51(8)68(91)81(37-46(2)3)38-48(5)31-50(7)67(90)82(40-54-13-18-57(19-14-54)69(70,71)72)42-62(85)77-26-11-12-63(86)79(29-25-74)43-64(87)78(28-24-73)41-59(84)34-56(44-94-9)65(75)88/h13-22,30-33,46,49-51,56,76,83H,10-12,23-29,34-45,73-74H2,1-9H3,(H2,75,88)(H,77,85)/b47-30+,48-31+,52-32+/t49-,50-,51+,56?/m1/s1. The molecule has 9 N–H and O–H groups in total. The zero-order chi connectivity index (χ0) is 69.7. The number of ether oxygens (including phenoxy) is 2. The van der Waals surface area contributed by atoms with Crippen LogP contribution in [-0.2, 0) is 64.0 Å². The second kappa shape index (κ2) is 39.8. The number of ketones is 1. The van der Waals surface area contributed by atoms with E-state index in [2.05, 4.69) is 10.6 Å². The van der Waals surface area contributed by atoms with Crippen LogP contribution in [0.1, 0.15) is 103 Å². The maximum absolute atomic E-state index is 14.6. The Morgan fingerprint density at radius 2 is 1.27 bits per heavy atom. The van der Waals surface area contributed by atoms with Crippen molar-refractivity contribution in [1.29, 1.82) is 0 Å². The summed E-state index contributed by atoms with van der Waals surface area (Å²) in [5, 5.41) is 16.1. The Hall–Kier alpha value is -7.74. The minimum atomic E-state index is -4.61. The molecule has 0 spiro atoms. The molecular weight excluding hydrogens is 1230 g/mol. The van der Waals surface area contributed by atoms with E-state index >= 15 is 0 Å². The molecule has 94 heavy (non-hydrogen) atoms. The fourth-order valence-electron chi connectivity index (χ4n) is 10.8. The molecule has 0 aliphatic carbocycles. The number of amides is 7. The van der Waals surface area contributed by atoms with Gasteiger partial charge in [-0.2, -0.15) is 24.9 Å². The molecule has 4 atom stereocenters. The normalized spacial score (nSPS) is 13.8. The Bertz CT molecular complexity index is 3090. The summed E-state index contributed by atoms with van der Waals surface area (Å²) in [5.74, 6) is -4.17. The molecular formula is C69H99F3N10O11S. The van der Waals surface area contributed by atoms with Crippen molar-refractivity contribution < 1.29 is 66.1 Å². The largest absolute Gasteiger partial charge is 0.508 e. The number of fused-ring (bicyclic) bond motifs is 1.